The molecule has 0 aromatic carbocycles. The number of carbonyl (C=O) groups is 1. The zero-order valence-electron chi connectivity index (χ0n) is 15.6. The summed E-state index contributed by atoms with van der Waals surface area (Å²) in [5, 5.41) is 7.11. The van der Waals surface area contributed by atoms with E-state index in [0.29, 0.717) is 12.3 Å². The van der Waals surface area contributed by atoms with E-state index < -0.39 is 18.3 Å². The Hall–Kier alpha value is -2.45. The molecule has 2 aromatic heterocycles. The number of halogens is 3. The molecule has 0 saturated carbocycles. The fraction of sp³-hybridized carbons (Fsp3) is 0.579. The minimum atomic E-state index is -4.48. The monoisotopic (exact) mass is 396 g/mol. The van der Waals surface area contributed by atoms with Crippen LogP contribution in [0.1, 0.15) is 67.4 Å². The summed E-state index contributed by atoms with van der Waals surface area (Å²) < 4.78 is 47.3. The quantitative estimate of drug-likeness (QED) is 0.827. The van der Waals surface area contributed by atoms with E-state index in [1.54, 1.807) is 17.0 Å². The number of fused-ring (bicyclic) bond motifs is 1. The van der Waals surface area contributed by atoms with Crippen LogP contribution in [0.5, 0.6) is 0 Å². The van der Waals surface area contributed by atoms with E-state index in [-0.39, 0.29) is 29.9 Å². The van der Waals surface area contributed by atoms with Gasteiger partial charge in [-0.3, -0.25) is 4.79 Å². The number of nitrogens with one attached hydrogen (secondary N) is 1. The van der Waals surface area contributed by atoms with Crippen LogP contribution in [0.2, 0.25) is 0 Å². The third kappa shape index (κ3) is 3.38. The molecule has 0 aliphatic carbocycles. The van der Waals surface area contributed by atoms with Crippen molar-refractivity contribution in [1.29, 1.82) is 0 Å². The Morgan fingerprint density at radius 3 is 2.89 bits per heavy atom. The fourth-order valence-corrected chi connectivity index (χ4v) is 4.19. The molecule has 28 heavy (non-hydrogen) atoms. The molecule has 1 N–H and O–H groups in total. The van der Waals surface area contributed by atoms with Crippen LogP contribution in [0, 0.1) is 0 Å². The van der Waals surface area contributed by atoms with Gasteiger partial charge in [-0.05, 0) is 37.8 Å². The molecular weight excluding hydrogens is 373 g/mol. The maximum absolute atomic E-state index is 13.7. The molecule has 6 nitrogen and oxygen atoms in total. The van der Waals surface area contributed by atoms with Crippen molar-refractivity contribution in [3.63, 3.8) is 0 Å². The first kappa shape index (κ1) is 18.9. The number of rotatable bonds is 3. The molecule has 0 bridgehead atoms. The lowest BCUT2D eigenvalue weighted by atomic mass is 9.99. The second-order valence-corrected chi connectivity index (χ2v) is 7.42. The Labute approximate surface area is 160 Å². The van der Waals surface area contributed by atoms with Crippen LogP contribution in [0.4, 0.5) is 19.0 Å². The number of furan rings is 1. The summed E-state index contributed by atoms with van der Waals surface area (Å²) in [5.74, 6) is 0.311. The standard InChI is InChI=1S/C19H23F3N4O2/c1-2-12-6-3-4-8-25(12)18(27)14-11-17-23-13(15-7-5-9-28-15)10-16(19(20,21)22)26(17)24-14/h5,7,9,11-13,16,23H,2-4,6,8,10H2,1H3/t12-,13+,16+/m0/s1. The van der Waals surface area contributed by atoms with Crippen molar-refractivity contribution in [2.75, 3.05) is 11.9 Å². The number of piperidine rings is 1. The predicted octanol–water partition coefficient (Wildman–Crippen LogP) is 4.54. The number of amides is 1. The van der Waals surface area contributed by atoms with E-state index in [1.807, 2.05) is 6.92 Å². The molecule has 2 aliphatic rings. The zero-order chi connectivity index (χ0) is 19.9. The lowest BCUT2D eigenvalue weighted by Gasteiger charge is -2.34. The van der Waals surface area contributed by atoms with Gasteiger partial charge in [0.1, 0.15) is 11.6 Å². The van der Waals surface area contributed by atoms with E-state index in [9.17, 15) is 18.0 Å². The largest absolute Gasteiger partial charge is 0.467 e. The molecule has 2 aliphatic heterocycles. The molecular formula is C19H23F3N4O2. The molecule has 4 rings (SSSR count). The molecule has 1 fully saturated rings. The number of anilines is 1. The highest BCUT2D eigenvalue weighted by Gasteiger charge is 2.47. The summed E-state index contributed by atoms with van der Waals surface area (Å²) >= 11 is 0. The van der Waals surface area contributed by atoms with Gasteiger partial charge in [0, 0.05) is 25.1 Å². The van der Waals surface area contributed by atoms with E-state index >= 15 is 0 Å². The van der Waals surface area contributed by atoms with Crippen LogP contribution in [0.3, 0.4) is 0 Å². The lowest BCUT2D eigenvalue weighted by molar-refractivity contribution is -0.174. The second kappa shape index (κ2) is 7.18. The van der Waals surface area contributed by atoms with Crippen LogP contribution in [-0.2, 0) is 0 Å². The van der Waals surface area contributed by atoms with Crippen LogP contribution in [0.15, 0.2) is 28.9 Å². The number of alkyl halides is 3. The van der Waals surface area contributed by atoms with Gasteiger partial charge < -0.3 is 14.6 Å². The van der Waals surface area contributed by atoms with Crippen LogP contribution in [0.25, 0.3) is 0 Å². The van der Waals surface area contributed by atoms with Gasteiger partial charge in [0.2, 0.25) is 0 Å². The van der Waals surface area contributed by atoms with Crippen LogP contribution >= 0.6 is 0 Å². The van der Waals surface area contributed by atoms with Crippen molar-refractivity contribution in [3.05, 3.63) is 35.9 Å². The van der Waals surface area contributed by atoms with Gasteiger partial charge >= 0.3 is 6.18 Å². The summed E-state index contributed by atoms with van der Waals surface area (Å²) in [6, 6.07) is 2.38. The van der Waals surface area contributed by atoms with E-state index in [2.05, 4.69) is 10.4 Å². The molecule has 1 saturated heterocycles. The minimum Gasteiger partial charge on any atom is -0.467 e. The van der Waals surface area contributed by atoms with Crippen molar-refractivity contribution < 1.29 is 22.4 Å². The van der Waals surface area contributed by atoms with E-state index in [0.717, 1.165) is 30.4 Å². The van der Waals surface area contributed by atoms with Gasteiger partial charge in [-0.25, -0.2) is 4.68 Å². The first-order valence-electron chi connectivity index (χ1n) is 9.65. The third-order valence-electron chi connectivity index (χ3n) is 5.65. The van der Waals surface area contributed by atoms with Gasteiger partial charge in [-0.1, -0.05) is 6.92 Å². The average Bonchev–Trinajstić information content (AvgIpc) is 3.35. The van der Waals surface area contributed by atoms with Gasteiger partial charge in [-0.15, -0.1) is 0 Å². The first-order valence-corrected chi connectivity index (χ1v) is 9.65. The molecule has 3 atom stereocenters. The smallest absolute Gasteiger partial charge is 0.410 e. The summed E-state index contributed by atoms with van der Waals surface area (Å²) in [4.78, 5) is 14.7. The topological polar surface area (TPSA) is 63.3 Å². The fourth-order valence-electron chi connectivity index (χ4n) is 4.19. The summed E-state index contributed by atoms with van der Waals surface area (Å²) in [6.07, 6.45) is 0.404. The van der Waals surface area contributed by atoms with Gasteiger partial charge in [0.15, 0.2) is 11.7 Å². The molecule has 1 amide bonds. The number of carbonyl (C=O) groups excluding carboxylic acids is 1. The molecule has 0 unspecified atom stereocenters. The normalized spacial score (nSPS) is 25.3. The maximum Gasteiger partial charge on any atom is 0.410 e. The van der Waals surface area contributed by atoms with Crippen molar-refractivity contribution in [2.24, 2.45) is 0 Å². The summed E-state index contributed by atoms with van der Waals surface area (Å²) in [7, 11) is 0. The molecule has 4 heterocycles. The van der Waals surface area contributed by atoms with Crippen molar-refractivity contribution in [3.8, 4) is 0 Å². The van der Waals surface area contributed by atoms with Crippen molar-refractivity contribution in [1.82, 2.24) is 14.7 Å². The molecule has 0 spiro atoms. The van der Waals surface area contributed by atoms with Crippen molar-refractivity contribution in [2.45, 2.75) is 63.3 Å². The molecule has 0 radical (unpaired) electrons. The first-order chi connectivity index (χ1) is 13.4. The molecule has 152 valence electrons. The summed E-state index contributed by atoms with van der Waals surface area (Å²) in [6.45, 7) is 2.63. The highest BCUT2D eigenvalue weighted by Crippen LogP contribution is 2.43. The Kier molecular flexibility index (Phi) is 4.84. The number of hydrogen-bond donors (Lipinski definition) is 1. The number of likely N-dealkylation sites (tertiary alicyclic amines) is 1. The lowest BCUT2D eigenvalue weighted by Crippen LogP contribution is -2.43. The van der Waals surface area contributed by atoms with Crippen LogP contribution in [-0.4, -0.2) is 39.4 Å². The molecule has 9 heteroatoms. The van der Waals surface area contributed by atoms with Gasteiger partial charge in [0.25, 0.3) is 5.91 Å². The summed E-state index contributed by atoms with van der Waals surface area (Å²) in [5.41, 5.74) is 0.0530. The Bertz CT molecular complexity index is 831. The van der Waals surface area contributed by atoms with Gasteiger partial charge in [-0.2, -0.15) is 18.3 Å². The predicted molar refractivity (Wildman–Crippen MR) is 96.0 cm³/mol. The number of nitrogens with zero attached hydrogens (tertiary/aromatic N) is 3. The maximum atomic E-state index is 13.7. The Morgan fingerprint density at radius 2 is 2.21 bits per heavy atom. The third-order valence-corrected chi connectivity index (χ3v) is 5.65. The van der Waals surface area contributed by atoms with E-state index in [4.69, 9.17) is 4.42 Å². The Morgan fingerprint density at radius 1 is 1.39 bits per heavy atom. The highest BCUT2D eigenvalue weighted by molar-refractivity contribution is 5.93. The Balaban J connectivity index is 1.66. The molecule has 2 aromatic rings. The number of hydrogen-bond acceptors (Lipinski definition) is 4. The SMILES string of the molecule is CC[C@H]1CCCCN1C(=O)c1cc2n(n1)[C@@H](C(F)(F)F)C[C@H](c1ccco1)N2. The van der Waals surface area contributed by atoms with E-state index in [1.165, 1.54) is 12.3 Å². The van der Waals surface area contributed by atoms with Crippen molar-refractivity contribution >= 4 is 11.7 Å². The minimum absolute atomic E-state index is 0.0530. The average molecular weight is 396 g/mol. The van der Waals surface area contributed by atoms with Gasteiger partial charge in [0.05, 0.1) is 12.3 Å². The number of aromatic nitrogens is 2. The van der Waals surface area contributed by atoms with Crippen LogP contribution < -0.4 is 5.32 Å². The second-order valence-electron chi connectivity index (χ2n) is 7.42. The zero-order valence-corrected chi connectivity index (χ0v) is 15.6. The highest BCUT2D eigenvalue weighted by atomic mass is 19.4.